The molecule has 0 saturated heterocycles. The van der Waals surface area contributed by atoms with Crippen LogP contribution in [0.5, 0.6) is 0 Å². The van der Waals surface area contributed by atoms with Crippen LogP contribution in [0, 0.1) is 0 Å². The minimum Gasteiger partial charge on any atom is -0.449 e. The molecule has 0 aliphatic carbocycles. The second-order valence-corrected chi connectivity index (χ2v) is 6.79. The van der Waals surface area contributed by atoms with Crippen molar-refractivity contribution in [3.63, 3.8) is 0 Å². The van der Waals surface area contributed by atoms with Gasteiger partial charge in [-0.3, -0.25) is 9.80 Å². The van der Waals surface area contributed by atoms with E-state index in [2.05, 4.69) is 0 Å². The number of ether oxygens (including phenoxy) is 2. The molecule has 2 rings (SSSR count). The van der Waals surface area contributed by atoms with E-state index in [4.69, 9.17) is 9.47 Å². The van der Waals surface area contributed by atoms with E-state index in [-0.39, 0.29) is 12.2 Å². The van der Waals surface area contributed by atoms with E-state index in [1.165, 1.54) is 0 Å². The highest BCUT2D eigenvalue weighted by molar-refractivity contribution is 5.88. The maximum absolute atomic E-state index is 12.3. The molecule has 162 valence electrons. The Morgan fingerprint density at radius 1 is 0.633 bits per heavy atom. The van der Waals surface area contributed by atoms with Gasteiger partial charge >= 0.3 is 12.2 Å². The van der Waals surface area contributed by atoms with Gasteiger partial charge in [-0.25, -0.2) is 9.59 Å². The summed E-state index contributed by atoms with van der Waals surface area (Å²) in [5.41, 5.74) is 1.68. The first-order valence-electron chi connectivity index (χ1n) is 10.7. The molecule has 0 N–H and O–H groups in total. The van der Waals surface area contributed by atoms with Crippen molar-refractivity contribution >= 4 is 23.6 Å². The average molecular weight is 413 g/mol. The lowest BCUT2D eigenvalue weighted by Crippen LogP contribution is -2.33. The van der Waals surface area contributed by atoms with Crippen LogP contribution in [-0.4, -0.2) is 38.5 Å². The van der Waals surface area contributed by atoms with Crippen LogP contribution >= 0.6 is 0 Å². The summed E-state index contributed by atoms with van der Waals surface area (Å²) in [6.45, 7) is 5.52. The van der Waals surface area contributed by atoms with Gasteiger partial charge in [-0.2, -0.15) is 0 Å². The van der Waals surface area contributed by atoms with E-state index < -0.39 is 0 Å². The summed E-state index contributed by atoms with van der Waals surface area (Å²) in [5.74, 6) is 0. The second kappa shape index (κ2) is 13.2. The molecule has 2 aromatic carbocycles. The Labute approximate surface area is 179 Å². The van der Waals surface area contributed by atoms with E-state index >= 15 is 0 Å². The molecule has 0 aliphatic rings. The molecule has 6 heteroatoms. The van der Waals surface area contributed by atoms with Crippen LogP contribution < -0.4 is 9.80 Å². The Morgan fingerprint density at radius 3 is 1.33 bits per heavy atom. The van der Waals surface area contributed by atoms with Crippen molar-refractivity contribution in [2.45, 2.75) is 39.5 Å². The highest BCUT2D eigenvalue weighted by atomic mass is 16.6. The highest BCUT2D eigenvalue weighted by Gasteiger charge is 2.17. The zero-order valence-electron chi connectivity index (χ0n) is 18.0. The Kier molecular flexibility index (Phi) is 10.3. The Hall–Kier alpha value is -3.02. The molecule has 0 radical (unpaired) electrons. The molecule has 2 amide bonds. The van der Waals surface area contributed by atoms with Gasteiger partial charge in [0.15, 0.2) is 0 Å². The molecule has 0 spiro atoms. The molecule has 0 heterocycles. The summed E-state index contributed by atoms with van der Waals surface area (Å²) in [6.07, 6.45) is 2.99. The number of amides is 2. The minimum atomic E-state index is -0.318. The Balaban J connectivity index is 1.82. The fraction of sp³-hybridized carbons (Fsp3) is 0.417. The lowest BCUT2D eigenvalue weighted by atomic mass is 10.1. The average Bonchev–Trinajstić information content (AvgIpc) is 2.77. The maximum atomic E-state index is 12.3. The van der Waals surface area contributed by atoms with Crippen LogP contribution in [0.2, 0.25) is 0 Å². The third-order valence-corrected chi connectivity index (χ3v) is 4.63. The van der Waals surface area contributed by atoms with Gasteiger partial charge in [0.2, 0.25) is 0 Å². The van der Waals surface area contributed by atoms with Gasteiger partial charge in [-0.1, -0.05) is 49.2 Å². The van der Waals surface area contributed by atoms with Crippen LogP contribution in [0.4, 0.5) is 21.0 Å². The van der Waals surface area contributed by atoms with Gasteiger partial charge < -0.3 is 9.47 Å². The summed E-state index contributed by atoms with van der Waals surface area (Å²) in [5, 5.41) is 0. The van der Waals surface area contributed by atoms with Gasteiger partial charge in [-0.05, 0) is 51.0 Å². The zero-order chi connectivity index (χ0) is 21.6. The van der Waals surface area contributed by atoms with Crippen LogP contribution in [0.3, 0.4) is 0 Å². The van der Waals surface area contributed by atoms with Crippen molar-refractivity contribution in [2.24, 2.45) is 0 Å². The summed E-state index contributed by atoms with van der Waals surface area (Å²) in [7, 11) is 0. The quantitative estimate of drug-likeness (QED) is 0.433. The fourth-order valence-electron chi connectivity index (χ4n) is 3.16. The fourth-order valence-corrected chi connectivity index (χ4v) is 3.16. The zero-order valence-corrected chi connectivity index (χ0v) is 18.0. The van der Waals surface area contributed by atoms with E-state index in [9.17, 15) is 9.59 Å². The van der Waals surface area contributed by atoms with Gasteiger partial charge in [0.25, 0.3) is 0 Å². The Morgan fingerprint density at radius 2 is 1.00 bits per heavy atom. The number of unbranched alkanes of at least 4 members (excludes halogenated alkanes) is 3. The van der Waals surface area contributed by atoms with E-state index in [0.29, 0.717) is 26.3 Å². The lowest BCUT2D eigenvalue weighted by molar-refractivity contribution is 0.158. The number of carbonyl (C=O) groups is 2. The number of hydrogen-bond acceptors (Lipinski definition) is 4. The minimum absolute atomic E-state index is 0.318. The van der Waals surface area contributed by atoms with Crippen molar-refractivity contribution < 1.29 is 19.1 Å². The van der Waals surface area contributed by atoms with Gasteiger partial charge in [-0.15, -0.1) is 0 Å². The lowest BCUT2D eigenvalue weighted by Gasteiger charge is -2.23. The molecule has 0 atom stereocenters. The molecule has 0 unspecified atom stereocenters. The SMILES string of the molecule is CCOC(=O)N(CCCCCCN(C(=O)OCC)c1ccccc1)c1ccccc1. The van der Waals surface area contributed by atoms with E-state index in [0.717, 1.165) is 37.1 Å². The van der Waals surface area contributed by atoms with Crippen LogP contribution in [0.1, 0.15) is 39.5 Å². The third kappa shape index (κ3) is 7.43. The third-order valence-electron chi connectivity index (χ3n) is 4.63. The van der Waals surface area contributed by atoms with Crippen molar-refractivity contribution in [2.75, 3.05) is 36.1 Å². The molecule has 0 aliphatic heterocycles. The number of anilines is 2. The number of para-hydroxylation sites is 2. The van der Waals surface area contributed by atoms with Crippen molar-refractivity contribution in [1.29, 1.82) is 0 Å². The molecular formula is C24H32N2O4. The van der Waals surface area contributed by atoms with Crippen molar-refractivity contribution in [3.8, 4) is 0 Å². The topological polar surface area (TPSA) is 59.1 Å². The van der Waals surface area contributed by atoms with Gasteiger partial charge in [0.05, 0.1) is 13.2 Å². The van der Waals surface area contributed by atoms with Crippen LogP contribution in [0.15, 0.2) is 60.7 Å². The molecule has 30 heavy (non-hydrogen) atoms. The van der Waals surface area contributed by atoms with Gasteiger partial charge in [0, 0.05) is 24.5 Å². The van der Waals surface area contributed by atoms with E-state index in [1.54, 1.807) is 9.80 Å². The number of carbonyl (C=O) groups excluding carboxylic acids is 2. The Bertz CT molecular complexity index is 687. The van der Waals surface area contributed by atoms with Crippen molar-refractivity contribution in [3.05, 3.63) is 60.7 Å². The normalized spacial score (nSPS) is 10.3. The predicted molar refractivity (Wildman–Crippen MR) is 120 cm³/mol. The smallest absolute Gasteiger partial charge is 0.414 e. The first-order chi connectivity index (χ1) is 14.7. The summed E-state index contributed by atoms with van der Waals surface area (Å²) >= 11 is 0. The summed E-state index contributed by atoms with van der Waals surface area (Å²) in [6, 6.07) is 19.1. The van der Waals surface area contributed by atoms with Crippen LogP contribution in [-0.2, 0) is 9.47 Å². The van der Waals surface area contributed by atoms with Crippen molar-refractivity contribution in [1.82, 2.24) is 0 Å². The molecular weight excluding hydrogens is 380 g/mol. The molecule has 0 saturated carbocycles. The predicted octanol–water partition coefficient (Wildman–Crippen LogP) is 5.87. The largest absolute Gasteiger partial charge is 0.449 e. The molecule has 6 nitrogen and oxygen atoms in total. The number of rotatable bonds is 11. The summed E-state index contributed by atoms with van der Waals surface area (Å²) < 4.78 is 10.4. The molecule has 2 aromatic rings. The first-order valence-corrected chi connectivity index (χ1v) is 10.7. The monoisotopic (exact) mass is 412 g/mol. The number of hydrogen-bond donors (Lipinski definition) is 0. The van der Waals surface area contributed by atoms with Crippen LogP contribution in [0.25, 0.3) is 0 Å². The second-order valence-electron chi connectivity index (χ2n) is 6.79. The number of nitrogens with zero attached hydrogens (tertiary/aromatic N) is 2. The first kappa shape index (κ1) is 23.3. The standard InChI is InChI=1S/C24H32N2O4/c1-3-29-23(27)25(21-15-9-7-10-16-21)19-13-5-6-14-20-26(24(28)30-4-2)22-17-11-8-12-18-22/h7-12,15-18H,3-6,13-14,19-20H2,1-2H3. The number of benzene rings is 2. The highest BCUT2D eigenvalue weighted by Crippen LogP contribution is 2.18. The molecule has 0 bridgehead atoms. The maximum Gasteiger partial charge on any atom is 0.414 e. The van der Waals surface area contributed by atoms with Gasteiger partial charge in [0.1, 0.15) is 0 Å². The van der Waals surface area contributed by atoms with E-state index in [1.807, 2.05) is 74.5 Å². The molecule has 0 fully saturated rings. The molecule has 0 aromatic heterocycles. The summed E-state index contributed by atoms with van der Waals surface area (Å²) in [4.78, 5) is 27.9.